The van der Waals surface area contributed by atoms with E-state index in [-0.39, 0.29) is 23.3 Å². The number of nitrogens with zero attached hydrogens (tertiary/aromatic N) is 3. The standard InChI is InChI=1S/C21H29N5O2/c1-21(2,3)14-24-19(27)15-5-7-16(8-6-15)20(28)26-12-9-22-13-17(26)18-23-10-11-25(18)4/h5-8,10-11,17,22H,9,12-14H2,1-4H3,(H,24,27). The summed E-state index contributed by atoms with van der Waals surface area (Å²) in [5.74, 6) is 0.692. The van der Waals surface area contributed by atoms with Gasteiger partial charge in [-0.15, -0.1) is 0 Å². The molecule has 1 aromatic heterocycles. The van der Waals surface area contributed by atoms with E-state index in [1.165, 1.54) is 0 Å². The summed E-state index contributed by atoms with van der Waals surface area (Å²) in [7, 11) is 1.94. The van der Waals surface area contributed by atoms with Crippen LogP contribution in [0.25, 0.3) is 0 Å². The van der Waals surface area contributed by atoms with Crippen LogP contribution < -0.4 is 10.6 Å². The first-order chi connectivity index (χ1) is 13.3. The van der Waals surface area contributed by atoms with E-state index >= 15 is 0 Å². The fraction of sp³-hybridized carbons (Fsp3) is 0.476. The first kappa shape index (κ1) is 20.1. The maximum atomic E-state index is 13.1. The van der Waals surface area contributed by atoms with Crippen LogP contribution in [-0.2, 0) is 7.05 Å². The van der Waals surface area contributed by atoms with E-state index in [1.54, 1.807) is 30.5 Å². The molecule has 2 heterocycles. The van der Waals surface area contributed by atoms with Gasteiger partial charge in [0.25, 0.3) is 11.8 Å². The van der Waals surface area contributed by atoms with Crippen LogP contribution in [0.2, 0.25) is 0 Å². The quantitative estimate of drug-likeness (QED) is 0.846. The van der Waals surface area contributed by atoms with Gasteiger partial charge in [0.2, 0.25) is 0 Å². The maximum absolute atomic E-state index is 13.1. The molecular weight excluding hydrogens is 354 g/mol. The van der Waals surface area contributed by atoms with Crippen LogP contribution in [0.1, 0.15) is 53.4 Å². The Morgan fingerprint density at radius 1 is 1.21 bits per heavy atom. The highest BCUT2D eigenvalue weighted by atomic mass is 16.2. The second kappa shape index (κ2) is 8.14. The number of nitrogens with one attached hydrogen (secondary N) is 2. The molecule has 0 saturated carbocycles. The van der Waals surface area contributed by atoms with E-state index in [0.29, 0.717) is 30.8 Å². The minimum absolute atomic E-state index is 0.0217. The molecule has 3 rings (SSSR count). The van der Waals surface area contributed by atoms with E-state index in [2.05, 4.69) is 36.4 Å². The average molecular weight is 383 g/mol. The van der Waals surface area contributed by atoms with Crippen LogP contribution in [0.4, 0.5) is 0 Å². The van der Waals surface area contributed by atoms with Crippen molar-refractivity contribution in [2.24, 2.45) is 12.5 Å². The van der Waals surface area contributed by atoms with Crippen LogP contribution in [0.3, 0.4) is 0 Å². The maximum Gasteiger partial charge on any atom is 0.254 e. The normalized spacial score (nSPS) is 17.4. The third-order valence-electron chi connectivity index (χ3n) is 4.83. The summed E-state index contributed by atoms with van der Waals surface area (Å²) < 4.78 is 1.95. The topological polar surface area (TPSA) is 79.3 Å². The Morgan fingerprint density at radius 2 is 1.89 bits per heavy atom. The zero-order valence-electron chi connectivity index (χ0n) is 17.0. The van der Waals surface area contributed by atoms with Crippen molar-refractivity contribution in [3.8, 4) is 0 Å². The molecule has 1 saturated heterocycles. The molecular formula is C21H29N5O2. The minimum atomic E-state index is -0.123. The molecule has 0 aliphatic carbocycles. The van der Waals surface area contributed by atoms with Gasteiger partial charge in [0.15, 0.2) is 0 Å². The smallest absolute Gasteiger partial charge is 0.254 e. The molecule has 7 nitrogen and oxygen atoms in total. The summed E-state index contributed by atoms with van der Waals surface area (Å²) in [5.41, 5.74) is 1.16. The van der Waals surface area contributed by atoms with Gasteiger partial charge in [0, 0.05) is 56.7 Å². The number of rotatable bonds is 4. The third-order valence-corrected chi connectivity index (χ3v) is 4.83. The van der Waals surface area contributed by atoms with E-state index < -0.39 is 0 Å². The molecule has 0 radical (unpaired) electrons. The predicted octanol–water partition coefficient (Wildman–Crippen LogP) is 1.98. The first-order valence-electron chi connectivity index (χ1n) is 9.63. The molecule has 0 spiro atoms. The Bertz CT molecular complexity index is 835. The molecule has 1 aliphatic rings. The van der Waals surface area contributed by atoms with Gasteiger partial charge in [-0.1, -0.05) is 20.8 Å². The molecule has 2 aromatic rings. The lowest BCUT2D eigenvalue weighted by molar-refractivity contribution is 0.0620. The van der Waals surface area contributed by atoms with Gasteiger partial charge in [-0.2, -0.15) is 0 Å². The van der Waals surface area contributed by atoms with Crippen LogP contribution in [0.5, 0.6) is 0 Å². The molecule has 150 valence electrons. The van der Waals surface area contributed by atoms with Crippen molar-refractivity contribution >= 4 is 11.8 Å². The van der Waals surface area contributed by atoms with Gasteiger partial charge in [0.05, 0.1) is 0 Å². The van der Waals surface area contributed by atoms with Gasteiger partial charge in [0.1, 0.15) is 11.9 Å². The Hall–Kier alpha value is -2.67. The van der Waals surface area contributed by atoms with Crippen molar-refractivity contribution in [1.29, 1.82) is 0 Å². The Kier molecular flexibility index (Phi) is 5.84. The molecule has 7 heteroatoms. The Labute approximate surface area is 166 Å². The van der Waals surface area contributed by atoms with Crippen LogP contribution >= 0.6 is 0 Å². The van der Waals surface area contributed by atoms with Gasteiger partial charge >= 0.3 is 0 Å². The summed E-state index contributed by atoms with van der Waals surface area (Å²) in [6.07, 6.45) is 3.63. The molecule has 1 aromatic carbocycles. The molecule has 0 bridgehead atoms. The Morgan fingerprint density at radius 3 is 2.50 bits per heavy atom. The number of benzene rings is 1. The van der Waals surface area contributed by atoms with Crippen LogP contribution in [0, 0.1) is 5.41 Å². The fourth-order valence-electron chi connectivity index (χ4n) is 3.25. The highest BCUT2D eigenvalue weighted by molar-refractivity contribution is 5.98. The second-order valence-electron chi connectivity index (χ2n) is 8.44. The molecule has 1 fully saturated rings. The zero-order chi connectivity index (χ0) is 20.3. The summed E-state index contributed by atoms with van der Waals surface area (Å²) in [6, 6.07) is 6.76. The van der Waals surface area contributed by atoms with Crippen molar-refractivity contribution in [3.05, 3.63) is 53.6 Å². The third kappa shape index (κ3) is 4.59. The molecule has 2 amide bonds. The lowest BCUT2D eigenvalue weighted by Crippen LogP contribution is -2.49. The van der Waals surface area contributed by atoms with E-state index in [1.807, 2.05) is 22.7 Å². The number of aryl methyl sites for hydroxylation is 1. The Balaban J connectivity index is 1.73. The number of carbonyl (C=O) groups is 2. The zero-order valence-corrected chi connectivity index (χ0v) is 17.0. The lowest BCUT2D eigenvalue weighted by atomic mass is 9.97. The monoisotopic (exact) mass is 383 g/mol. The summed E-state index contributed by atoms with van der Waals surface area (Å²) in [5, 5.41) is 6.27. The molecule has 28 heavy (non-hydrogen) atoms. The van der Waals surface area contributed by atoms with Crippen LogP contribution in [0.15, 0.2) is 36.7 Å². The highest BCUT2D eigenvalue weighted by Gasteiger charge is 2.31. The molecule has 1 unspecified atom stereocenters. The number of piperazine rings is 1. The molecule has 2 N–H and O–H groups in total. The van der Waals surface area contributed by atoms with E-state index in [0.717, 1.165) is 12.4 Å². The number of hydrogen-bond donors (Lipinski definition) is 2. The van der Waals surface area contributed by atoms with Gasteiger partial charge in [-0.05, 0) is 29.7 Å². The number of amides is 2. The van der Waals surface area contributed by atoms with Gasteiger partial charge in [-0.3, -0.25) is 9.59 Å². The minimum Gasteiger partial charge on any atom is -0.352 e. The van der Waals surface area contributed by atoms with Crippen LogP contribution in [-0.4, -0.2) is 52.4 Å². The number of carbonyl (C=O) groups excluding carboxylic acids is 2. The average Bonchev–Trinajstić information content (AvgIpc) is 3.11. The summed E-state index contributed by atoms with van der Waals surface area (Å²) >= 11 is 0. The predicted molar refractivity (Wildman–Crippen MR) is 108 cm³/mol. The highest BCUT2D eigenvalue weighted by Crippen LogP contribution is 2.23. The van der Waals surface area contributed by atoms with Crippen molar-refractivity contribution in [3.63, 3.8) is 0 Å². The molecule has 1 atom stereocenters. The van der Waals surface area contributed by atoms with E-state index in [9.17, 15) is 9.59 Å². The van der Waals surface area contributed by atoms with Crippen molar-refractivity contribution in [1.82, 2.24) is 25.1 Å². The van der Waals surface area contributed by atoms with Crippen molar-refractivity contribution in [2.75, 3.05) is 26.2 Å². The number of aromatic nitrogens is 2. The van der Waals surface area contributed by atoms with Crippen molar-refractivity contribution in [2.45, 2.75) is 26.8 Å². The summed E-state index contributed by atoms with van der Waals surface area (Å²) in [4.78, 5) is 31.7. The molecule has 1 aliphatic heterocycles. The van der Waals surface area contributed by atoms with Gasteiger partial charge in [-0.25, -0.2) is 4.98 Å². The SMILES string of the molecule is Cn1ccnc1C1CNCCN1C(=O)c1ccc(C(=O)NCC(C)(C)C)cc1. The lowest BCUT2D eigenvalue weighted by Gasteiger charge is -2.35. The second-order valence-corrected chi connectivity index (χ2v) is 8.44. The number of imidazole rings is 1. The summed E-state index contributed by atoms with van der Waals surface area (Å²) in [6.45, 7) is 8.84. The van der Waals surface area contributed by atoms with Crippen molar-refractivity contribution < 1.29 is 9.59 Å². The largest absolute Gasteiger partial charge is 0.352 e. The first-order valence-corrected chi connectivity index (χ1v) is 9.63. The van der Waals surface area contributed by atoms with E-state index in [4.69, 9.17) is 0 Å². The van der Waals surface area contributed by atoms with Gasteiger partial charge < -0.3 is 20.1 Å². The fourth-order valence-corrected chi connectivity index (χ4v) is 3.25. The number of hydrogen-bond acceptors (Lipinski definition) is 4.